The van der Waals surface area contributed by atoms with E-state index in [4.69, 9.17) is 9.94 Å². The standard InChI is InChI=1S/C25H28F3N3O5/c1-25(34,24(27)28)21(23(33)30-35)29-22(32)19-9-8-18(20(26)14-19)7-6-16-2-4-17(5-3-16)15-31-10-12-36-13-11-31/h2-5,8-9,14,21-22,24,29,32,34-35H,10-13,15H2,1H3,(H,30,33). The molecule has 0 aromatic heterocycles. The molecule has 0 bridgehead atoms. The molecular weight excluding hydrogens is 479 g/mol. The molecule has 1 aliphatic heterocycles. The van der Waals surface area contributed by atoms with Gasteiger partial charge in [0.25, 0.3) is 12.3 Å². The number of morpholine rings is 1. The Labute approximate surface area is 206 Å². The number of carbonyl (C=O) groups excluding carboxylic acids is 1. The van der Waals surface area contributed by atoms with Crippen LogP contribution in [0.15, 0.2) is 42.5 Å². The number of benzene rings is 2. The highest BCUT2D eigenvalue weighted by molar-refractivity contribution is 5.82. The molecule has 1 amide bonds. The normalized spacial score (nSPS) is 17.6. The molecule has 1 aliphatic rings. The first-order chi connectivity index (χ1) is 17.1. The minimum Gasteiger partial charge on any atom is -0.382 e. The lowest BCUT2D eigenvalue weighted by molar-refractivity contribution is -0.154. The van der Waals surface area contributed by atoms with Crippen LogP contribution in [0, 0.1) is 17.7 Å². The van der Waals surface area contributed by atoms with E-state index < -0.39 is 36.0 Å². The highest BCUT2D eigenvalue weighted by atomic mass is 19.3. The Kier molecular flexibility index (Phi) is 9.44. The van der Waals surface area contributed by atoms with Gasteiger partial charge >= 0.3 is 0 Å². The Morgan fingerprint density at radius 3 is 2.42 bits per heavy atom. The lowest BCUT2D eigenvalue weighted by atomic mass is 9.95. The highest BCUT2D eigenvalue weighted by Gasteiger charge is 2.46. The van der Waals surface area contributed by atoms with E-state index in [9.17, 15) is 28.2 Å². The van der Waals surface area contributed by atoms with Crippen LogP contribution in [0.2, 0.25) is 0 Å². The van der Waals surface area contributed by atoms with E-state index >= 15 is 0 Å². The Morgan fingerprint density at radius 1 is 1.17 bits per heavy atom. The number of amides is 1. The fourth-order valence-corrected chi connectivity index (χ4v) is 3.61. The second-order valence-corrected chi connectivity index (χ2v) is 8.58. The Hall–Kier alpha value is -2.98. The summed E-state index contributed by atoms with van der Waals surface area (Å²) in [6.45, 7) is 4.65. The van der Waals surface area contributed by atoms with Crippen molar-refractivity contribution in [2.75, 3.05) is 26.3 Å². The smallest absolute Gasteiger partial charge is 0.268 e. The van der Waals surface area contributed by atoms with Crippen molar-refractivity contribution >= 4 is 5.91 Å². The lowest BCUT2D eigenvalue weighted by Gasteiger charge is -2.32. The molecule has 0 saturated carbocycles. The summed E-state index contributed by atoms with van der Waals surface area (Å²) in [5.74, 6) is 3.39. The number of hydrogen-bond donors (Lipinski definition) is 5. The average Bonchev–Trinajstić information content (AvgIpc) is 2.87. The topological polar surface area (TPSA) is 114 Å². The van der Waals surface area contributed by atoms with Crippen LogP contribution in [0.3, 0.4) is 0 Å². The molecule has 0 radical (unpaired) electrons. The molecule has 1 fully saturated rings. The molecule has 194 valence electrons. The van der Waals surface area contributed by atoms with E-state index in [1.165, 1.54) is 12.1 Å². The monoisotopic (exact) mass is 507 g/mol. The van der Waals surface area contributed by atoms with Gasteiger partial charge in [0.1, 0.15) is 23.7 Å². The van der Waals surface area contributed by atoms with Gasteiger partial charge in [0, 0.05) is 25.2 Å². The number of carbonyl (C=O) groups is 1. The zero-order valence-corrected chi connectivity index (χ0v) is 19.5. The van der Waals surface area contributed by atoms with Crippen LogP contribution in [-0.4, -0.2) is 70.6 Å². The van der Waals surface area contributed by atoms with E-state index in [0.29, 0.717) is 12.5 Å². The van der Waals surface area contributed by atoms with Crippen molar-refractivity contribution in [2.45, 2.75) is 37.8 Å². The molecule has 0 spiro atoms. The van der Waals surface area contributed by atoms with Crippen LogP contribution < -0.4 is 10.8 Å². The molecule has 5 N–H and O–H groups in total. The summed E-state index contributed by atoms with van der Waals surface area (Å²) in [4.78, 5) is 14.1. The molecule has 3 unspecified atom stereocenters. The van der Waals surface area contributed by atoms with Gasteiger partial charge < -0.3 is 14.9 Å². The summed E-state index contributed by atoms with van der Waals surface area (Å²) in [5.41, 5.74) is -0.0494. The van der Waals surface area contributed by atoms with Crippen molar-refractivity contribution in [3.63, 3.8) is 0 Å². The third-order valence-electron chi connectivity index (χ3n) is 5.84. The first-order valence-electron chi connectivity index (χ1n) is 11.2. The maximum absolute atomic E-state index is 14.6. The molecule has 2 aromatic carbocycles. The predicted molar refractivity (Wildman–Crippen MR) is 123 cm³/mol. The zero-order chi connectivity index (χ0) is 26.3. The fourth-order valence-electron chi connectivity index (χ4n) is 3.61. The van der Waals surface area contributed by atoms with Crippen molar-refractivity contribution in [1.82, 2.24) is 15.7 Å². The number of nitrogens with zero attached hydrogens (tertiary/aromatic N) is 1. The Balaban J connectivity index is 1.68. The van der Waals surface area contributed by atoms with Gasteiger partial charge in [-0.2, -0.15) is 0 Å². The highest BCUT2D eigenvalue weighted by Crippen LogP contribution is 2.23. The largest absolute Gasteiger partial charge is 0.382 e. The van der Waals surface area contributed by atoms with Crippen molar-refractivity contribution in [2.24, 2.45) is 0 Å². The summed E-state index contributed by atoms with van der Waals surface area (Å²) >= 11 is 0. The Bertz CT molecular complexity index is 1100. The molecule has 0 aliphatic carbocycles. The van der Waals surface area contributed by atoms with Crippen LogP contribution in [0.25, 0.3) is 0 Å². The zero-order valence-electron chi connectivity index (χ0n) is 19.5. The number of hydroxylamine groups is 1. The molecule has 2 aromatic rings. The number of hydrogen-bond acceptors (Lipinski definition) is 7. The molecule has 11 heteroatoms. The van der Waals surface area contributed by atoms with E-state index in [1.54, 1.807) is 0 Å². The van der Waals surface area contributed by atoms with Gasteiger partial charge in [0.2, 0.25) is 0 Å². The van der Waals surface area contributed by atoms with Crippen molar-refractivity contribution in [1.29, 1.82) is 0 Å². The predicted octanol–water partition coefficient (Wildman–Crippen LogP) is 1.53. The summed E-state index contributed by atoms with van der Waals surface area (Å²) < 4.78 is 46.3. The second kappa shape index (κ2) is 12.3. The van der Waals surface area contributed by atoms with E-state index in [0.717, 1.165) is 50.0 Å². The van der Waals surface area contributed by atoms with Gasteiger partial charge in [-0.25, -0.2) is 18.7 Å². The van der Waals surface area contributed by atoms with E-state index in [2.05, 4.69) is 22.1 Å². The molecule has 1 heterocycles. The molecule has 8 nitrogen and oxygen atoms in total. The summed E-state index contributed by atoms with van der Waals surface area (Å²) in [6, 6.07) is 8.99. The summed E-state index contributed by atoms with van der Waals surface area (Å²) in [7, 11) is 0. The molecular formula is C25H28F3N3O5. The number of nitrogens with one attached hydrogen (secondary N) is 2. The van der Waals surface area contributed by atoms with E-state index in [1.807, 2.05) is 24.3 Å². The molecule has 3 rings (SSSR count). The number of rotatable bonds is 8. The molecule has 1 saturated heterocycles. The van der Waals surface area contributed by atoms with Crippen molar-refractivity contribution < 1.29 is 38.1 Å². The maximum Gasteiger partial charge on any atom is 0.268 e. The number of ether oxygens (including phenoxy) is 1. The van der Waals surface area contributed by atoms with Gasteiger partial charge in [-0.15, -0.1) is 0 Å². The summed E-state index contributed by atoms with van der Waals surface area (Å²) in [5, 5.41) is 31.1. The van der Waals surface area contributed by atoms with Crippen molar-refractivity contribution in [3.8, 4) is 11.8 Å². The van der Waals surface area contributed by atoms with Crippen LogP contribution in [-0.2, 0) is 16.1 Å². The number of aliphatic hydroxyl groups excluding tert-OH is 1. The van der Waals surface area contributed by atoms with Gasteiger partial charge in [-0.3, -0.25) is 20.2 Å². The van der Waals surface area contributed by atoms with Crippen molar-refractivity contribution in [3.05, 3.63) is 70.5 Å². The minimum absolute atomic E-state index is 0.0348. The Morgan fingerprint density at radius 2 is 1.83 bits per heavy atom. The summed E-state index contributed by atoms with van der Waals surface area (Å²) in [6.07, 6.45) is -5.20. The quantitative estimate of drug-likeness (QED) is 0.159. The average molecular weight is 508 g/mol. The van der Waals surface area contributed by atoms with Crippen LogP contribution in [0.1, 0.15) is 35.4 Å². The fraction of sp³-hybridized carbons (Fsp3) is 0.400. The van der Waals surface area contributed by atoms with Crippen LogP contribution >= 0.6 is 0 Å². The number of alkyl halides is 2. The third-order valence-corrected chi connectivity index (χ3v) is 5.84. The van der Waals surface area contributed by atoms with Gasteiger partial charge in [-0.05, 0) is 42.3 Å². The first-order valence-corrected chi connectivity index (χ1v) is 11.2. The van der Waals surface area contributed by atoms with Gasteiger partial charge in [0.05, 0.1) is 18.8 Å². The first kappa shape index (κ1) is 27.6. The SMILES string of the molecule is CC(O)(C(F)F)C(NC(O)c1ccc(C#Cc2ccc(CN3CCOCC3)cc2)c(F)c1)C(=O)NO. The third kappa shape index (κ3) is 7.04. The van der Waals surface area contributed by atoms with Crippen LogP contribution in [0.4, 0.5) is 13.2 Å². The second-order valence-electron chi connectivity index (χ2n) is 8.58. The van der Waals surface area contributed by atoms with Gasteiger partial charge in [0.15, 0.2) is 0 Å². The maximum atomic E-state index is 14.6. The van der Waals surface area contributed by atoms with E-state index in [-0.39, 0.29) is 11.1 Å². The molecule has 3 atom stereocenters. The van der Waals surface area contributed by atoms with Crippen LogP contribution in [0.5, 0.6) is 0 Å². The lowest BCUT2D eigenvalue weighted by Crippen LogP contribution is -2.61. The minimum atomic E-state index is -3.39. The number of halogens is 3. The number of aliphatic hydroxyl groups is 2. The van der Waals surface area contributed by atoms with Gasteiger partial charge in [-0.1, -0.05) is 30.0 Å². The molecule has 36 heavy (non-hydrogen) atoms.